The molecule has 0 atom stereocenters. The number of hydrogen-bond acceptors (Lipinski definition) is 5. The highest BCUT2D eigenvalue weighted by Gasteiger charge is 2.29. The summed E-state index contributed by atoms with van der Waals surface area (Å²) in [6, 6.07) is 0.748. The van der Waals surface area contributed by atoms with E-state index in [2.05, 4.69) is 4.98 Å². The van der Waals surface area contributed by atoms with Crippen LogP contribution < -0.4 is 5.14 Å². The Morgan fingerprint density at radius 1 is 1.53 bits per heavy atom. The molecule has 0 saturated carbocycles. The monoisotopic (exact) mass is 267 g/mol. The lowest BCUT2D eigenvalue weighted by Gasteiger charge is -2.06. The van der Waals surface area contributed by atoms with E-state index in [0.29, 0.717) is 0 Å². The summed E-state index contributed by atoms with van der Waals surface area (Å²) >= 11 is 0. The second kappa shape index (κ2) is 4.30. The molecule has 0 fully saturated rings. The first-order valence-electron chi connectivity index (χ1n) is 4.11. The highest BCUT2D eigenvalue weighted by molar-refractivity contribution is 7.89. The van der Waals surface area contributed by atoms with Gasteiger partial charge in [-0.1, -0.05) is 0 Å². The number of halogens is 2. The van der Waals surface area contributed by atoms with Crippen LogP contribution in [0.4, 0.5) is 14.5 Å². The molecule has 0 aromatic carbocycles. The van der Waals surface area contributed by atoms with Crippen molar-refractivity contribution in [1.29, 1.82) is 0 Å². The Bertz CT molecular complexity index is 573. The average Bonchev–Trinajstić information content (AvgIpc) is 2.14. The molecule has 0 amide bonds. The normalized spacial score (nSPS) is 11.8. The first-order chi connectivity index (χ1) is 7.64. The van der Waals surface area contributed by atoms with Crippen LogP contribution in [0.3, 0.4) is 0 Å². The van der Waals surface area contributed by atoms with Gasteiger partial charge in [0.1, 0.15) is 5.69 Å². The van der Waals surface area contributed by atoms with E-state index < -0.39 is 37.8 Å². The van der Waals surface area contributed by atoms with Crippen LogP contribution in [-0.2, 0) is 10.0 Å². The second-order valence-electron chi connectivity index (χ2n) is 3.12. The van der Waals surface area contributed by atoms with Crippen LogP contribution >= 0.6 is 0 Å². The maximum absolute atomic E-state index is 12.4. The molecule has 0 aliphatic rings. The Morgan fingerprint density at radius 3 is 2.41 bits per heavy atom. The van der Waals surface area contributed by atoms with Gasteiger partial charge in [0, 0.05) is 5.56 Å². The lowest BCUT2D eigenvalue weighted by Crippen LogP contribution is -2.18. The number of primary sulfonamides is 1. The van der Waals surface area contributed by atoms with E-state index in [1.54, 1.807) is 0 Å². The minimum absolute atomic E-state index is 0.246. The Hall–Kier alpha value is -1.68. The summed E-state index contributed by atoms with van der Waals surface area (Å²) in [6.45, 7) is 1.13. The number of nitrogens with two attached hydrogens (primary N) is 1. The highest BCUT2D eigenvalue weighted by Crippen LogP contribution is 2.28. The van der Waals surface area contributed by atoms with Crippen LogP contribution in [0.1, 0.15) is 17.7 Å². The number of aromatic nitrogens is 1. The fourth-order valence-electron chi connectivity index (χ4n) is 1.19. The fourth-order valence-corrected chi connectivity index (χ4v) is 1.93. The Labute approximate surface area is 94.5 Å². The minimum Gasteiger partial charge on any atom is -0.258 e. The highest BCUT2D eigenvalue weighted by atomic mass is 32.2. The number of nitro groups is 1. The molecule has 1 aromatic heterocycles. The maximum atomic E-state index is 12.4. The van der Waals surface area contributed by atoms with E-state index in [9.17, 15) is 27.3 Å². The molecule has 0 spiro atoms. The zero-order chi connectivity index (χ0) is 13.4. The van der Waals surface area contributed by atoms with Gasteiger partial charge in [-0.3, -0.25) is 10.1 Å². The van der Waals surface area contributed by atoms with Crippen LogP contribution in [0.5, 0.6) is 0 Å². The van der Waals surface area contributed by atoms with Crippen LogP contribution in [0.15, 0.2) is 11.1 Å². The zero-order valence-corrected chi connectivity index (χ0v) is 9.24. The summed E-state index contributed by atoms with van der Waals surface area (Å²) in [5, 5.41) is 14.2. The van der Waals surface area contributed by atoms with Crippen LogP contribution in [0.25, 0.3) is 0 Å². The third-order valence-electron chi connectivity index (χ3n) is 1.85. The molecule has 0 aliphatic heterocycles. The fraction of sp³-hybridized carbons (Fsp3) is 0.286. The molecule has 94 valence electrons. The third-order valence-corrected chi connectivity index (χ3v) is 2.67. The Balaban J connectivity index is 3.69. The van der Waals surface area contributed by atoms with Gasteiger partial charge in [-0.25, -0.2) is 27.3 Å². The van der Waals surface area contributed by atoms with Crippen LogP contribution in [-0.4, -0.2) is 18.3 Å². The summed E-state index contributed by atoms with van der Waals surface area (Å²) in [7, 11) is -4.54. The van der Waals surface area contributed by atoms with Crippen molar-refractivity contribution in [3.8, 4) is 0 Å². The van der Waals surface area contributed by atoms with Crippen molar-refractivity contribution >= 4 is 15.7 Å². The van der Waals surface area contributed by atoms with Gasteiger partial charge in [0.25, 0.3) is 16.4 Å². The van der Waals surface area contributed by atoms with Crippen molar-refractivity contribution in [2.24, 2.45) is 5.14 Å². The first kappa shape index (κ1) is 13.4. The standard InChI is InChI=1S/C7H7F2N3O4S/c1-3-2-4(6(8)9)11-7(17(10,15)16)5(3)12(13)14/h2,6H,1H3,(H2,10,15,16). The number of aryl methyl sites for hydroxylation is 1. The Morgan fingerprint density at radius 2 is 2.06 bits per heavy atom. The van der Waals surface area contributed by atoms with Crippen molar-refractivity contribution in [2.45, 2.75) is 18.4 Å². The van der Waals surface area contributed by atoms with Gasteiger partial charge in [0.15, 0.2) is 0 Å². The zero-order valence-electron chi connectivity index (χ0n) is 8.42. The molecule has 0 aliphatic carbocycles. The second-order valence-corrected chi connectivity index (χ2v) is 4.60. The van der Waals surface area contributed by atoms with Crippen molar-refractivity contribution in [1.82, 2.24) is 4.98 Å². The molecular weight excluding hydrogens is 260 g/mol. The van der Waals surface area contributed by atoms with E-state index >= 15 is 0 Å². The summed E-state index contributed by atoms with van der Waals surface area (Å²) < 4.78 is 46.9. The smallest absolute Gasteiger partial charge is 0.258 e. The minimum atomic E-state index is -4.54. The number of sulfonamides is 1. The largest absolute Gasteiger partial charge is 0.310 e. The lowest BCUT2D eigenvalue weighted by molar-refractivity contribution is -0.389. The third kappa shape index (κ3) is 2.71. The van der Waals surface area contributed by atoms with Gasteiger partial charge in [0.05, 0.1) is 4.92 Å². The molecule has 1 heterocycles. The van der Waals surface area contributed by atoms with Gasteiger partial charge >= 0.3 is 5.69 Å². The van der Waals surface area contributed by atoms with Gasteiger partial charge < -0.3 is 0 Å². The van der Waals surface area contributed by atoms with Gasteiger partial charge in [-0.05, 0) is 13.0 Å². The van der Waals surface area contributed by atoms with Crippen molar-refractivity contribution in [2.75, 3.05) is 0 Å². The van der Waals surface area contributed by atoms with Crippen LogP contribution in [0.2, 0.25) is 0 Å². The topological polar surface area (TPSA) is 116 Å². The molecule has 0 unspecified atom stereocenters. The summed E-state index contributed by atoms with van der Waals surface area (Å²) in [6.07, 6.45) is -3.05. The molecule has 7 nitrogen and oxygen atoms in total. The number of alkyl halides is 2. The Kier molecular flexibility index (Phi) is 3.38. The number of pyridine rings is 1. The van der Waals surface area contributed by atoms with E-state index in [1.165, 1.54) is 0 Å². The van der Waals surface area contributed by atoms with Crippen molar-refractivity contribution < 1.29 is 22.1 Å². The number of rotatable bonds is 3. The number of hydrogen-bond donors (Lipinski definition) is 1. The SMILES string of the molecule is Cc1cc(C(F)F)nc(S(N)(=O)=O)c1[N+](=O)[O-]. The molecule has 0 radical (unpaired) electrons. The van der Waals surface area contributed by atoms with Crippen molar-refractivity contribution in [3.63, 3.8) is 0 Å². The van der Waals surface area contributed by atoms with Gasteiger partial charge in [-0.2, -0.15) is 0 Å². The molecule has 2 N–H and O–H groups in total. The van der Waals surface area contributed by atoms with Crippen molar-refractivity contribution in [3.05, 3.63) is 27.4 Å². The summed E-state index contributed by atoms with van der Waals surface area (Å²) in [4.78, 5) is 12.6. The van der Waals surface area contributed by atoms with E-state index in [-0.39, 0.29) is 5.56 Å². The lowest BCUT2D eigenvalue weighted by atomic mass is 10.2. The predicted molar refractivity (Wildman–Crippen MR) is 52.0 cm³/mol. The molecule has 0 bridgehead atoms. The van der Waals surface area contributed by atoms with Gasteiger partial charge in [-0.15, -0.1) is 0 Å². The quantitative estimate of drug-likeness (QED) is 0.644. The molecule has 10 heteroatoms. The maximum Gasteiger partial charge on any atom is 0.310 e. The predicted octanol–water partition coefficient (Wildman–Crippen LogP) is 0.883. The molecule has 1 aromatic rings. The molecule has 1 rings (SSSR count). The average molecular weight is 267 g/mol. The van der Waals surface area contributed by atoms with E-state index in [4.69, 9.17) is 5.14 Å². The first-order valence-corrected chi connectivity index (χ1v) is 5.66. The van der Waals surface area contributed by atoms with E-state index in [0.717, 1.165) is 13.0 Å². The number of nitrogens with zero attached hydrogens (tertiary/aromatic N) is 2. The van der Waals surface area contributed by atoms with Crippen LogP contribution in [0, 0.1) is 17.0 Å². The van der Waals surface area contributed by atoms with Gasteiger partial charge in [0.2, 0.25) is 5.03 Å². The van der Waals surface area contributed by atoms with E-state index in [1.807, 2.05) is 0 Å². The molecule has 17 heavy (non-hydrogen) atoms. The summed E-state index contributed by atoms with van der Waals surface area (Å²) in [5.41, 5.74) is -2.02. The molecular formula is C7H7F2N3O4S. The molecule has 0 saturated heterocycles. The summed E-state index contributed by atoms with van der Waals surface area (Å²) in [5.74, 6) is 0.